The van der Waals surface area contributed by atoms with Gasteiger partial charge < -0.3 is 30.5 Å². The fourth-order valence-electron chi connectivity index (χ4n) is 2.58. The van der Waals surface area contributed by atoms with Crippen LogP contribution in [0.2, 0.25) is 0 Å². The molecule has 2 heterocycles. The molecule has 2 rings (SSSR count). The molecule has 10 nitrogen and oxygen atoms in total. The van der Waals surface area contributed by atoms with Gasteiger partial charge in [-0.25, -0.2) is 4.98 Å². The van der Waals surface area contributed by atoms with Gasteiger partial charge in [0, 0.05) is 6.42 Å². The average Bonchev–Trinajstić information content (AvgIpc) is 3.07. The summed E-state index contributed by atoms with van der Waals surface area (Å²) < 4.78 is 11.5. The second-order valence-corrected chi connectivity index (χ2v) is 5.87. The van der Waals surface area contributed by atoms with E-state index in [9.17, 15) is 24.9 Å². The van der Waals surface area contributed by atoms with Gasteiger partial charge in [0.15, 0.2) is 11.9 Å². The lowest BCUT2D eigenvalue weighted by Gasteiger charge is -2.16. The number of nitrogens with two attached hydrogens (primary N) is 1. The second kappa shape index (κ2) is 8.28. The van der Waals surface area contributed by atoms with Crippen molar-refractivity contribution in [3.05, 3.63) is 12.0 Å². The highest BCUT2D eigenvalue weighted by atomic mass is 16.6. The van der Waals surface area contributed by atoms with E-state index < -0.39 is 42.3 Å². The number of carbonyl (C=O) groups excluding carboxylic acids is 2. The molecule has 0 saturated carbocycles. The largest absolute Gasteiger partial charge is 0.493 e. The SMILES string of the molecule is CCCCCC(=O)OCC1OC(n2cnc(C(N)=O)c2O)C(O)C1O. The highest BCUT2D eigenvalue weighted by Crippen LogP contribution is 2.33. The van der Waals surface area contributed by atoms with Gasteiger partial charge in [0.1, 0.15) is 31.2 Å². The first-order valence-corrected chi connectivity index (χ1v) is 8.09. The standard InChI is InChI=1S/C15H23N3O7/c1-2-3-4-5-9(19)24-6-8-11(20)12(21)15(25-8)18-7-17-10(13(16)22)14(18)23/h7-8,11-12,15,20-21,23H,2-6H2,1H3,(H2,16,22). The lowest BCUT2D eigenvalue weighted by atomic mass is 10.1. The normalized spacial score (nSPS) is 25.9. The lowest BCUT2D eigenvalue weighted by Crippen LogP contribution is -2.34. The summed E-state index contributed by atoms with van der Waals surface area (Å²) >= 11 is 0. The molecule has 5 N–H and O–H groups in total. The van der Waals surface area contributed by atoms with Gasteiger partial charge in [-0.1, -0.05) is 19.8 Å². The number of esters is 1. The third-order valence-corrected chi connectivity index (χ3v) is 4.01. The second-order valence-electron chi connectivity index (χ2n) is 5.87. The maximum atomic E-state index is 11.6. The fourth-order valence-corrected chi connectivity index (χ4v) is 2.58. The van der Waals surface area contributed by atoms with Crippen molar-refractivity contribution in [3.63, 3.8) is 0 Å². The molecule has 0 radical (unpaired) electrons. The Balaban J connectivity index is 1.96. The van der Waals surface area contributed by atoms with Crippen molar-refractivity contribution in [2.45, 2.75) is 57.1 Å². The smallest absolute Gasteiger partial charge is 0.305 e. The van der Waals surface area contributed by atoms with E-state index in [1.54, 1.807) is 0 Å². The number of hydrogen-bond donors (Lipinski definition) is 4. The van der Waals surface area contributed by atoms with E-state index in [1.165, 1.54) is 0 Å². The van der Waals surface area contributed by atoms with Gasteiger partial charge >= 0.3 is 5.97 Å². The summed E-state index contributed by atoms with van der Waals surface area (Å²) in [5, 5.41) is 30.1. The van der Waals surface area contributed by atoms with Crippen LogP contribution in [0.4, 0.5) is 0 Å². The van der Waals surface area contributed by atoms with Crippen LogP contribution in [0.15, 0.2) is 6.33 Å². The molecule has 1 amide bonds. The topological polar surface area (TPSA) is 157 Å². The minimum atomic E-state index is -1.41. The van der Waals surface area contributed by atoms with Gasteiger partial charge in [-0.05, 0) is 6.42 Å². The third kappa shape index (κ3) is 4.27. The first kappa shape index (κ1) is 19.2. The Labute approximate surface area is 144 Å². The van der Waals surface area contributed by atoms with Crippen molar-refractivity contribution < 1.29 is 34.4 Å². The Morgan fingerprint density at radius 1 is 1.36 bits per heavy atom. The summed E-state index contributed by atoms with van der Waals surface area (Å²) in [7, 11) is 0. The Bertz CT molecular complexity index is 618. The van der Waals surface area contributed by atoms with Crippen LogP contribution in [-0.4, -0.2) is 61.7 Å². The lowest BCUT2D eigenvalue weighted by molar-refractivity contribution is -0.150. The molecule has 0 aliphatic carbocycles. The van der Waals surface area contributed by atoms with E-state index >= 15 is 0 Å². The van der Waals surface area contributed by atoms with Gasteiger partial charge in [0.05, 0.1) is 0 Å². The summed E-state index contributed by atoms with van der Waals surface area (Å²) in [5.41, 5.74) is 4.68. The van der Waals surface area contributed by atoms with Gasteiger partial charge in [-0.15, -0.1) is 0 Å². The van der Waals surface area contributed by atoms with Crippen molar-refractivity contribution in [2.75, 3.05) is 6.61 Å². The number of imidazole rings is 1. The Morgan fingerprint density at radius 3 is 2.68 bits per heavy atom. The number of primary amides is 1. The third-order valence-electron chi connectivity index (χ3n) is 4.01. The van der Waals surface area contributed by atoms with Crippen molar-refractivity contribution in [1.82, 2.24) is 9.55 Å². The number of unbranched alkanes of at least 4 members (excludes halogenated alkanes) is 2. The zero-order valence-corrected chi connectivity index (χ0v) is 13.9. The Hall–Kier alpha value is -2.17. The number of rotatable bonds is 8. The summed E-state index contributed by atoms with van der Waals surface area (Å²) in [6.07, 6.45) is -0.978. The average molecular weight is 357 g/mol. The molecule has 1 aromatic heterocycles. The van der Waals surface area contributed by atoms with E-state index in [4.69, 9.17) is 15.2 Å². The number of aromatic hydroxyl groups is 1. The van der Waals surface area contributed by atoms with E-state index in [0.29, 0.717) is 6.42 Å². The first-order chi connectivity index (χ1) is 11.9. The van der Waals surface area contributed by atoms with E-state index in [2.05, 4.69) is 4.98 Å². The minimum Gasteiger partial charge on any atom is -0.493 e. The quantitative estimate of drug-likeness (QED) is 0.356. The van der Waals surface area contributed by atoms with Crippen molar-refractivity contribution in [3.8, 4) is 5.88 Å². The number of hydrogen-bond acceptors (Lipinski definition) is 8. The Kier molecular flexibility index (Phi) is 6.34. The summed E-state index contributed by atoms with van der Waals surface area (Å²) in [5.74, 6) is -1.94. The highest BCUT2D eigenvalue weighted by Gasteiger charge is 2.45. The molecule has 4 unspecified atom stereocenters. The van der Waals surface area contributed by atoms with Crippen LogP contribution in [0.5, 0.6) is 5.88 Å². The predicted molar refractivity (Wildman–Crippen MR) is 83.4 cm³/mol. The van der Waals surface area contributed by atoms with Gasteiger partial charge in [0.25, 0.3) is 5.91 Å². The summed E-state index contributed by atoms with van der Waals surface area (Å²) in [6.45, 7) is 1.78. The molecule has 25 heavy (non-hydrogen) atoms. The molecule has 10 heteroatoms. The highest BCUT2D eigenvalue weighted by molar-refractivity contribution is 5.93. The number of carbonyl (C=O) groups is 2. The first-order valence-electron chi connectivity index (χ1n) is 8.09. The summed E-state index contributed by atoms with van der Waals surface area (Å²) in [4.78, 5) is 26.4. The van der Waals surface area contributed by atoms with E-state index in [0.717, 1.165) is 23.7 Å². The van der Waals surface area contributed by atoms with Crippen LogP contribution >= 0.6 is 0 Å². The van der Waals surface area contributed by atoms with Crippen LogP contribution in [-0.2, 0) is 14.3 Å². The van der Waals surface area contributed by atoms with Crippen LogP contribution in [0.1, 0.15) is 49.3 Å². The minimum absolute atomic E-state index is 0.238. The van der Waals surface area contributed by atoms with E-state index in [-0.39, 0.29) is 18.7 Å². The molecular weight excluding hydrogens is 334 g/mol. The van der Waals surface area contributed by atoms with Crippen LogP contribution in [0, 0.1) is 0 Å². The zero-order valence-electron chi connectivity index (χ0n) is 13.9. The fraction of sp³-hybridized carbons (Fsp3) is 0.667. The molecule has 1 saturated heterocycles. The predicted octanol–water partition coefficient (Wildman–Crippen LogP) is -0.570. The number of aliphatic hydroxyl groups is 2. The molecular formula is C15H23N3O7. The number of aliphatic hydroxyl groups excluding tert-OH is 2. The van der Waals surface area contributed by atoms with Crippen molar-refractivity contribution >= 4 is 11.9 Å². The number of ether oxygens (including phenoxy) is 2. The number of nitrogens with zero attached hydrogens (tertiary/aromatic N) is 2. The molecule has 0 bridgehead atoms. The molecule has 1 aliphatic rings. The van der Waals surface area contributed by atoms with E-state index in [1.807, 2.05) is 6.92 Å². The van der Waals surface area contributed by atoms with Gasteiger partial charge in [0.2, 0.25) is 5.88 Å². The summed E-state index contributed by atoms with van der Waals surface area (Å²) in [6, 6.07) is 0. The Morgan fingerprint density at radius 2 is 2.08 bits per heavy atom. The molecule has 1 aliphatic heterocycles. The van der Waals surface area contributed by atoms with Gasteiger partial charge in [-0.2, -0.15) is 0 Å². The molecule has 0 spiro atoms. The van der Waals surface area contributed by atoms with Crippen LogP contribution in [0.3, 0.4) is 0 Å². The molecule has 1 aromatic rings. The van der Waals surface area contributed by atoms with Crippen molar-refractivity contribution in [1.29, 1.82) is 0 Å². The molecule has 4 atom stereocenters. The number of aromatic nitrogens is 2. The van der Waals surface area contributed by atoms with Crippen LogP contribution in [0.25, 0.3) is 0 Å². The number of amides is 1. The van der Waals surface area contributed by atoms with Crippen LogP contribution < -0.4 is 5.73 Å². The molecule has 1 fully saturated rings. The zero-order chi connectivity index (χ0) is 18.6. The van der Waals surface area contributed by atoms with Crippen molar-refractivity contribution in [2.24, 2.45) is 5.73 Å². The van der Waals surface area contributed by atoms with Gasteiger partial charge in [-0.3, -0.25) is 14.2 Å². The maximum absolute atomic E-state index is 11.6. The molecule has 0 aromatic carbocycles. The monoisotopic (exact) mass is 357 g/mol. The molecule has 140 valence electrons. The maximum Gasteiger partial charge on any atom is 0.305 e.